The van der Waals surface area contributed by atoms with Crippen LogP contribution in [0.3, 0.4) is 0 Å². The largest absolute Gasteiger partial charge is 0.355 e. The van der Waals surface area contributed by atoms with Gasteiger partial charge >= 0.3 is 0 Å². The van der Waals surface area contributed by atoms with Gasteiger partial charge in [0.05, 0.1) is 10.0 Å². The van der Waals surface area contributed by atoms with E-state index in [1.807, 2.05) is 4.90 Å². The number of rotatable bonds is 3. The zero-order valence-electron chi connectivity index (χ0n) is 12.9. The zero-order valence-corrected chi connectivity index (χ0v) is 14.4. The summed E-state index contributed by atoms with van der Waals surface area (Å²) in [5.41, 5.74) is 1.09. The van der Waals surface area contributed by atoms with Crippen LogP contribution in [-0.2, 0) is 0 Å². The number of amides is 1. The molecule has 1 fully saturated rings. The van der Waals surface area contributed by atoms with Crippen molar-refractivity contribution in [2.45, 2.75) is 38.6 Å². The number of hydrogen-bond donors (Lipinski definition) is 0. The van der Waals surface area contributed by atoms with Crippen LogP contribution in [0.5, 0.6) is 0 Å². The molecule has 23 heavy (non-hydrogen) atoms. The van der Waals surface area contributed by atoms with Gasteiger partial charge in [-0.2, -0.15) is 0 Å². The molecule has 3 rings (SSSR count). The summed E-state index contributed by atoms with van der Waals surface area (Å²) in [5, 5.41) is 4.86. The van der Waals surface area contributed by atoms with Crippen LogP contribution in [0, 0.1) is 0 Å². The van der Waals surface area contributed by atoms with Crippen molar-refractivity contribution < 1.29 is 9.32 Å². The minimum Gasteiger partial charge on any atom is -0.355 e. The first-order valence-corrected chi connectivity index (χ1v) is 8.59. The first-order valence-electron chi connectivity index (χ1n) is 7.83. The summed E-state index contributed by atoms with van der Waals surface area (Å²) in [6.45, 7) is 2.90. The molecule has 0 radical (unpaired) electrons. The third kappa shape index (κ3) is 3.38. The standard InChI is InChI=1S/C17H18Cl2N2O2/c1-2-12-5-3-4-8-21(12)17(22)15-10-16(23-20-15)11-6-7-13(18)14(19)9-11/h6-7,9-10,12H,2-5,8H2,1H3/t12-/m0/s1. The summed E-state index contributed by atoms with van der Waals surface area (Å²) in [6, 6.07) is 7.15. The average Bonchev–Trinajstić information content (AvgIpc) is 3.06. The summed E-state index contributed by atoms with van der Waals surface area (Å²) >= 11 is 11.9. The molecule has 122 valence electrons. The second-order valence-electron chi connectivity index (χ2n) is 5.76. The van der Waals surface area contributed by atoms with Crippen LogP contribution in [-0.4, -0.2) is 28.6 Å². The van der Waals surface area contributed by atoms with E-state index in [9.17, 15) is 4.79 Å². The van der Waals surface area contributed by atoms with E-state index in [2.05, 4.69) is 12.1 Å². The van der Waals surface area contributed by atoms with Crippen molar-refractivity contribution in [2.75, 3.05) is 6.54 Å². The van der Waals surface area contributed by atoms with E-state index in [0.29, 0.717) is 27.5 Å². The van der Waals surface area contributed by atoms with Crippen LogP contribution >= 0.6 is 23.2 Å². The van der Waals surface area contributed by atoms with Gasteiger partial charge in [-0.3, -0.25) is 4.79 Å². The Labute approximate surface area is 145 Å². The molecule has 1 aliphatic heterocycles. The Bertz CT molecular complexity index is 714. The number of halogens is 2. The van der Waals surface area contributed by atoms with Crippen LogP contribution in [0.2, 0.25) is 10.0 Å². The fraction of sp³-hybridized carbons (Fsp3) is 0.412. The Kier molecular flexibility index (Phi) is 4.93. The lowest BCUT2D eigenvalue weighted by Gasteiger charge is -2.34. The lowest BCUT2D eigenvalue weighted by atomic mass is 9.99. The van der Waals surface area contributed by atoms with E-state index in [1.165, 1.54) is 6.42 Å². The van der Waals surface area contributed by atoms with Crippen LogP contribution in [0.4, 0.5) is 0 Å². The molecule has 0 spiro atoms. The molecule has 0 N–H and O–H groups in total. The topological polar surface area (TPSA) is 46.3 Å². The Morgan fingerprint density at radius 1 is 1.30 bits per heavy atom. The smallest absolute Gasteiger partial charge is 0.276 e. The van der Waals surface area contributed by atoms with Gasteiger partial charge in [0.2, 0.25) is 0 Å². The molecule has 0 unspecified atom stereocenters. The number of likely N-dealkylation sites (tertiary alicyclic amines) is 1. The lowest BCUT2D eigenvalue weighted by molar-refractivity contribution is 0.0597. The molecule has 2 heterocycles. The van der Waals surface area contributed by atoms with Crippen LogP contribution in [0.25, 0.3) is 11.3 Å². The monoisotopic (exact) mass is 352 g/mol. The fourth-order valence-corrected chi connectivity index (χ4v) is 3.30. The Morgan fingerprint density at radius 3 is 2.87 bits per heavy atom. The van der Waals surface area contributed by atoms with Crippen molar-refractivity contribution in [2.24, 2.45) is 0 Å². The molecule has 4 nitrogen and oxygen atoms in total. The third-order valence-corrected chi connectivity index (χ3v) is 5.03. The molecule has 2 aromatic rings. The van der Waals surface area contributed by atoms with Gasteiger partial charge in [0.25, 0.3) is 5.91 Å². The van der Waals surface area contributed by atoms with Gasteiger partial charge in [0, 0.05) is 24.2 Å². The summed E-state index contributed by atoms with van der Waals surface area (Å²) in [6.07, 6.45) is 4.23. The normalized spacial score (nSPS) is 18.2. The fourth-order valence-electron chi connectivity index (χ4n) is 3.00. The maximum atomic E-state index is 12.7. The van der Waals surface area contributed by atoms with Gasteiger partial charge < -0.3 is 9.42 Å². The number of nitrogens with zero attached hydrogens (tertiary/aromatic N) is 2. The first kappa shape index (κ1) is 16.3. The van der Waals surface area contributed by atoms with Crippen molar-refractivity contribution in [3.63, 3.8) is 0 Å². The van der Waals surface area contributed by atoms with E-state index in [-0.39, 0.29) is 5.91 Å². The van der Waals surface area contributed by atoms with Gasteiger partial charge in [-0.1, -0.05) is 35.3 Å². The quantitative estimate of drug-likeness (QED) is 0.775. The van der Waals surface area contributed by atoms with Crippen LogP contribution in [0.15, 0.2) is 28.8 Å². The molecular formula is C17H18Cl2N2O2. The Hall–Kier alpha value is -1.52. The third-order valence-electron chi connectivity index (χ3n) is 4.29. The number of hydrogen-bond acceptors (Lipinski definition) is 3. The minimum absolute atomic E-state index is 0.0633. The molecule has 0 bridgehead atoms. The van der Waals surface area contributed by atoms with Gasteiger partial charge in [-0.05, 0) is 43.9 Å². The maximum absolute atomic E-state index is 12.7. The highest BCUT2D eigenvalue weighted by Crippen LogP contribution is 2.29. The number of aromatic nitrogens is 1. The average molecular weight is 353 g/mol. The van der Waals surface area contributed by atoms with E-state index < -0.39 is 0 Å². The van der Waals surface area contributed by atoms with Gasteiger partial charge in [-0.25, -0.2) is 0 Å². The Balaban J connectivity index is 1.83. The van der Waals surface area contributed by atoms with Gasteiger partial charge in [-0.15, -0.1) is 0 Å². The van der Waals surface area contributed by atoms with E-state index in [1.54, 1.807) is 24.3 Å². The van der Waals surface area contributed by atoms with Gasteiger partial charge in [0.15, 0.2) is 11.5 Å². The SMILES string of the molecule is CC[C@H]1CCCCN1C(=O)c1cc(-c2ccc(Cl)c(Cl)c2)on1. The number of carbonyl (C=O) groups is 1. The van der Waals surface area contributed by atoms with Crippen molar-refractivity contribution in [3.05, 3.63) is 40.0 Å². The number of benzene rings is 1. The van der Waals surface area contributed by atoms with Crippen molar-refractivity contribution in [3.8, 4) is 11.3 Å². The molecule has 1 aromatic carbocycles. The van der Waals surface area contributed by atoms with Crippen molar-refractivity contribution >= 4 is 29.1 Å². The molecular weight excluding hydrogens is 335 g/mol. The lowest BCUT2D eigenvalue weighted by Crippen LogP contribution is -2.43. The van der Waals surface area contributed by atoms with Crippen LogP contribution < -0.4 is 0 Å². The predicted octanol–water partition coefficient (Wildman–Crippen LogP) is 5.05. The number of carbonyl (C=O) groups excluding carboxylic acids is 1. The van der Waals surface area contributed by atoms with E-state index in [4.69, 9.17) is 27.7 Å². The molecule has 0 saturated carbocycles. The molecule has 0 aliphatic carbocycles. The zero-order chi connectivity index (χ0) is 16.4. The highest BCUT2D eigenvalue weighted by Gasteiger charge is 2.28. The van der Waals surface area contributed by atoms with E-state index in [0.717, 1.165) is 31.4 Å². The summed E-state index contributed by atoms with van der Waals surface area (Å²) in [7, 11) is 0. The van der Waals surface area contributed by atoms with Crippen LogP contribution in [0.1, 0.15) is 43.1 Å². The first-order chi connectivity index (χ1) is 11.1. The summed E-state index contributed by atoms with van der Waals surface area (Å²) in [4.78, 5) is 14.6. The molecule has 1 atom stereocenters. The Morgan fingerprint density at radius 2 is 2.13 bits per heavy atom. The van der Waals surface area contributed by atoms with Gasteiger partial charge in [0.1, 0.15) is 0 Å². The molecule has 1 saturated heterocycles. The summed E-state index contributed by atoms with van der Waals surface area (Å²) < 4.78 is 5.33. The van der Waals surface area contributed by atoms with Crippen molar-refractivity contribution in [1.29, 1.82) is 0 Å². The van der Waals surface area contributed by atoms with E-state index >= 15 is 0 Å². The maximum Gasteiger partial charge on any atom is 0.276 e. The molecule has 1 aliphatic rings. The highest BCUT2D eigenvalue weighted by molar-refractivity contribution is 6.42. The molecule has 6 heteroatoms. The second-order valence-corrected chi connectivity index (χ2v) is 6.58. The molecule has 1 amide bonds. The second kappa shape index (κ2) is 6.93. The van der Waals surface area contributed by atoms with Crippen molar-refractivity contribution in [1.82, 2.24) is 10.1 Å². The minimum atomic E-state index is -0.0633. The predicted molar refractivity (Wildman–Crippen MR) is 90.9 cm³/mol. The summed E-state index contributed by atoms with van der Waals surface area (Å²) in [5.74, 6) is 0.448. The highest BCUT2D eigenvalue weighted by atomic mass is 35.5. The molecule has 1 aromatic heterocycles. The number of piperidine rings is 1.